The number of aliphatic carboxylic acids is 1. The highest BCUT2D eigenvalue weighted by molar-refractivity contribution is 6.00. The quantitative estimate of drug-likeness (QED) is 0.734. The van der Waals surface area contributed by atoms with Gasteiger partial charge in [-0.1, -0.05) is 20.3 Å². The monoisotopic (exact) mass is 337 g/mol. The molecule has 0 spiro atoms. The Bertz CT molecular complexity index is 665. The number of urea groups is 1. The second kappa shape index (κ2) is 7.29. The second-order valence-corrected chi connectivity index (χ2v) is 5.72. The first-order valence-electron chi connectivity index (χ1n) is 7.73. The molecule has 1 aliphatic rings. The van der Waals surface area contributed by atoms with E-state index in [-0.39, 0.29) is 17.5 Å². The Balaban J connectivity index is 2.25. The fourth-order valence-corrected chi connectivity index (χ4v) is 2.48. The molecule has 3 N–H and O–H groups in total. The lowest BCUT2D eigenvalue weighted by atomic mass is 9.99. The third-order valence-electron chi connectivity index (χ3n) is 4.13. The number of benzene rings is 1. The van der Waals surface area contributed by atoms with Gasteiger partial charge in [-0.3, -0.25) is 9.69 Å². The number of amides is 3. The minimum Gasteiger partial charge on any atom is -0.480 e. The van der Waals surface area contributed by atoms with E-state index in [0.29, 0.717) is 25.2 Å². The maximum absolute atomic E-state index is 14.0. The molecule has 1 fully saturated rings. The van der Waals surface area contributed by atoms with Crippen LogP contribution in [0.3, 0.4) is 0 Å². The van der Waals surface area contributed by atoms with E-state index in [1.807, 2.05) is 0 Å². The van der Waals surface area contributed by atoms with Crippen molar-refractivity contribution in [3.8, 4) is 0 Å². The Kier molecular flexibility index (Phi) is 5.38. The van der Waals surface area contributed by atoms with E-state index >= 15 is 0 Å². The molecule has 24 heavy (non-hydrogen) atoms. The molecule has 1 aliphatic heterocycles. The van der Waals surface area contributed by atoms with Crippen LogP contribution in [0.4, 0.5) is 14.9 Å². The molecule has 1 aromatic rings. The molecule has 0 aliphatic carbocycles. The highest BCUT2D eigenvalue weighted by Crippen LogP contribution is 2.21. The van der Waals surface area contributed by atoms with Gasteiger partial charge in [-0.15, -0.1) is 0 Å². The van der Waals surface area contributed by atoms with Crippen LogP contribution in [-0.2, 0) is 4.79 Å². The zero-order valence-electron chi connectivity index (χ0n) is 13.5. The molecule has 8 heteroatoms. The molecule has 130 valence electrons. The summed E-state index contributed by atoms with van der Waals surface area (Å²) in [6, 6.07) is 2.32. The maximum Gasteiger partial charge on any atom is 0.326 e. The van der Waals surface area contributed by atoms with Crippen LogP contribution < -0.4 is 15.5 Å². The third-order valence-corrected chi connectivity index (χ3v) is 4.13. The summed E-state index contributed by atoms with van der Waals surface area (Å²) in [5, 5.41) is 14.2. The summed E-state index contributed by atoms with van der Waals surface area (Å²) in [4.78, 5) is 36.7. The minimum atomic E-state index is -1.17. The molecule has 2 rings (SSSR count). The van der Waals surface area contributed by atoms with Gasteiger partial charge in [0.05, 0.1) is 5.56 Å². The summed E-state index contributed by atoms with van der Waals surface area (Å²) >= 11 is 0. The average molecular weight is 337 g/mol. The van der Waals surface area contributed by atoms with Crippen molar-refractivity contribution in [1.29, 1.82) is 0 Å². The first-order valence-corrected chi connectivity index (χ1v) is 7.73. The number of hydrogen-bond donors (Lipinski definition) is 3. The lowest BCUT2D eigenvalue weighted by Gasteiger charge is -2.21. The van der Waals surface area contributed by atoms with Crippen LogP contribution in [0.5, 0.6) is 0 Å². The van der Waals surface area contributed by atoms with Crippen molar-refractivity contribution in [3.63, 3.8) is 0 Å². The van der Waals surface area contributed by atoms with Gasteiger partial charge in [-0.25, -0.2) is 14.0 Å². The zero-order valence-corrected chi connectivity index (χ0v) is 13.5. The van der Waals surface area contributed by atoms with E-state index in [9.17, 15) is 23.9 Å². The van der Waals surface area contributed by atoms with Gasteiger partial charge in [-0.2, -0.15) is 0 Å². The Morgan fingerprint density at radius 3 is 2.71 bits per heavy atom. The summed E-state index contributed by atoms with van der Waals surface area (Å²) in [7, 11) is 0. The molecule has 2 atom stereocenters. The number of halogens is 1. The van der Waals surface area contributed by atoms with Crippen molar-refractivity contribution in [3.05, 3.63) is 29.6 Å². The third kappa shape index (κ3) is 3.64. The SMILES string of the molecule is CCC(C)C(NC(=O)c1cc(N2CCNC2=O)ccc1F)C(=O)O. The predicted molar refractivity (Wildman–Crippen MR) is 85.5 cm³/mol. The van der Waals surface area contributed by atoms with Gasteiger partial charge in [0.25, 0.3) is 5.91 Å². The van der Waals surface area contributed by atoms with Crippen molar-refractivity contribution in [2.45, 2.75) is 26.3 Å². The number of nitrogens with one attached hydrogen (secondary N) is 2. The summed E-state index contributed by atoms with van der Waals surface area (Å²) in [6.07, 6.45) is 0.549. The zero-order chi connectivity index (χ0) is 17.9. The van der Waals surface area contributed by atoms with Crippen molar-refractivity contribution >= 4 is 23.6 Å². The minimum absolute atomic E-state index is 0.290. The van der Waals surface area contributed by atoms with Crippen LogP contribution in [0.2, 0.25) is 0 Å². The maximum atomic E-state index is 14.0. The Labute approximate surface area is 138 Å². The second-order valence-electron chi connectivity index (χ2n) is 5.72. The van der Waals surface area contributed by atoms with Crippen molar-refractivity contribution in [1.82, 2.24) is 10.6 Å². The summed E-state index contributed by atoms with van der Waals surface area (Å²) < 4.78 is 14.0. The molecule has 0 saturated carbocycles. The Morgan fingerprint density at radius 1 is 1.46 bits per heavy atom. The molecule has 7 nitrogen and oxygen atoms in total. The van der Waals surface area contributed by atoms with E-state index in [1.54, 1.807) is 13.8 Å². The Hall–Kier alpha value is -2.64. The smallest absolute Gasteiger partial charge is 0.326 e. The van der Waals surface area contributed by atoms with Crippen LogP contribution >= 0.6 is 0 Å². The van der Waals surface area contributed by atoms with Gasteiger partial charge in [0, 0.05) is 18.8 Å². The fraction of sp³-hybridized carbons (Fsp3) is 0.438. The van der Waals surface area contributed by atoms with Crippen LogP contribution in [-0.4, -0.2) is 42.1 Å². The molecule has 0 aromatic heterocycles. The van der Waals surface area contributed by atoms with Crippen LogP contribution in [0.15, 0.2) is 18.2 Å². The summed E-state index contributed by atoms with van der Waals surface area (Å²) in [5.74, 6) is -3.07. The van der Waals surface area contributed by atoms with E-state index in [0.717, 1.165) is 6.07 Å². The molecular weight excluding hydrogens is 317 g/mol. The van der Waals surface area contributed by atoms with Gasteiger partial charge in [0.2, 0.25) is 0 Å². The van der Waals surface area contributed by atoms with Crippen molar-refractivity contribution < 1.29 is 23.9 Å². The van der Waals surface area contributed by atoms with Gasteiger partial charge in [0.15, 0.2) is 0 Å². The average Bonchev–Trinajstić information content (AvgIpc) is 2.98. The largest absolute Gasteiger partial charge is 0.480 e. The number of carboxylic acid groups (broad SMARTS) is 1. The lowest BCUT2D eigenvalue weighted by Crippen LogP contribution is -2.45. The number of hydrogen-bond acceptors (Lipinski definition) is 3. The summed E-state index contributed by atoms with van der Waals surface area (Å²) in [6.45, 7) is 4.38. The molecule has 0 radical (unpaired) electrons. The van der Waals surface area contributed by atoms with E-state index < -0.39 is 23.7 Å². The molecule has 1 heterocycles. The number of rotatable bonds is 6. The Morgan fingerprint density at radius 2 is 2.17 bits per heavy atom. The fourth-order valence-electron chi connectivity index (χ4n) is 2.48. The summed E-state index contributed by atoms with van der Waals surface area (Å²) in [5.41, 5.74) is 0.0914. The van der Waals surface area contributed by atoms with Crippen molar-refractivity contribution in [2.24, 2.45) is 5.92 Å². The van der Waals surface area contributed by atoms with E-state index in [2.05, 4.69) is 10.6 Å². The van der Waals surface area contributed by atoms with Gasteiger partial charge in [-0.05, 0) is 24.1 Å². The van der Waals surface area contributed by atoms with Crippen LogP contribution in [0.1, 0.15) is 30.6 Å². The number of carbonyl (C=O) groups excluding carboxylic acids is 2. The first kappa shape index (κ1) is 17.7. The van der Waals surface area contributed by atoms with Crippen LogP contribution in [0, 0.1) is 11.7 Å². The van der Waals surface area contributed by atoms with Crippen LogP contribution in [0.25, 0.3) is 0 Å². The topological polar surface area (TPSA) is 98.7 Å². The van der Waals surface area contributed by atoms with Crippen molar-refractivity contribution in [2.75, 3.05) is 18.0 Å². The molecule has 1 aromatic carbocycles. The number of nitrogens with zero attached hydrogens (tertiary/aromatic N) is 1. The highest BCUT2D eigenvalue weighted by Gasteiger charge is 2.28. The number of anilines is 1. The molecule has 2 unspecified atom stereocenters. The van der Waals surface area contributed by atoms with Gasteiger partial charge >= 0.3 is 12.0 Å². The normalized spacial score (nSPS) is 16.5. The predicted octanol–water partition coefficient (Wildman–Crippen LogP) is 1.58. The number of carboxylic acids is 1. The van der Waals surface area contributed by atoms with E-state index in [1.165, 1.54) is 17.0 Å². The molecule has 3 amide bonds. The number of carbonyl (C=O) groups is 3. The van der Waals surface area contributed by atoms with E-state index in [4.69, 9.17) is 0 Å². The lowest BCUT2D eigenvalue weighted by molar-refractivity contribution is -0.140. The molecule has 1 saturated heterocycles. The molecular formula is C16H20FN3O4. The van der Waals surface area contributed by atoms with Gasteiger partial charge < -0.3 is 15.7 Å². The van der Waals surface area contributed by atoms with Gasteiger partial charge in [0.1, 0.15) is 11.9 Å². The standard InChI is InChI=1S/C16H20FN3O4/c1-3-9(2)13(15(22)23)19-14(21)11-8-10(4-5-12(11)17)20-7-6-18-16(20)24/h4-5,8-9,13H,3,6-7H2,1-2H3,(H,18,24)(H,19,21)(H,22,23). The molecule has 0 bridgehead atoms. The highest BCUT2D eigenvalue weighted by atomic mass is 19.1. The first-order chi connectivity index (χ1) is 11.3.